The molecule has 1 aromatic heterocycles. The van der Waals surface area contributed by atoms with Crippen LogP contribution in [0.3, 0.4) is 0 Å². The first kappa shape index (κ1) is 10.6. The second-order valence-corrected chi connectivity index (χ2v) is 3.47. The van der Waals surface area contributed by atoms with Crippen LogP contribution < -0.4 is 10.9 Å². The maximum atomic E-state index is 11.5. The summed E-state index contributed by atoms with van der Waals surface area (Å²) in [6.45, 7) is 0.807. The largest absolute Gasteiger partial charge is 0.316 e. The topological polar surface area (TPSA) is 57.8 Å². The molecule has 2 N–H and O–H groups in total. The average Bonchev–Trinajstić information content (AvgIpc) is 2.30. The van der Waals surface area contributed by atoms with Crippen molar-refractivity contribution in [2.75, 3.05) is 13.6 Å². The maximum absolute atomic E-state index is 11.5. The summed E-state index contributed by atoms with van der Waals surface area (Å²) < 4.78 is 0. The summed E-state index contributed by atoms with van der Waals surface area (Å²) >= 11 is 0. The summed E-state index contributed by atoms with van der Waals surface area (Å²) in [5.41, 5.74) is 1.62. The van der Waals surface area contributed by atoms with Crippen molar-refractivity contribution >= 4 is 17.0 Å². The van der Waals surface area contributed by atoms with Gasteiger partial charge in [0.15, 0.2) is 0 Å². The zero-order valence-electron chi connectivity index (χ0n) is 9.03. The Morgan fingerprint density at radius 3 is 3.19 bits per heavy atom. The number of nitrogens with zero attached hydrogens (tertiary/aromatic N) is 1. The monoisotopic (exact) mass is 215 g/mol. The van der Waals surface area contributed by atoms with Gasteiger partial charge in [0.1, 0.15) is 0 Å². The number of fused-ring (bicyclic) bond motifs is 1. The fourth-order valence-corrected chi connectivity index (χ4v) is 1.50. The second-order valence-electron chi connectivity index (χ2n) is 3.47. The quantitative estimate of drug-likeness (QED) is 0.807. The van der Waals surface area contributed by atoms with Crippen LogP contribution in [0.25, 0.3) is 17.0 Å². The lowest BCUT2D eigenvalue weighted by Crippen LogP contribution is -2.06. The van der Waals surface area contributed by atoms with Gasteiger partial charge in [0.25, 0.3) is 5.56 Å². The third kappa shape index (κ3) is 2.17. The molecule has 0 bridgehead atoms. The van der Waals surface area contributed by atoms with E-state index in [0.717, 1.165) is 17.6 Å². The number of hydrogen-bond acceptors (Lipinski definition) is 3. The molecule has 0 spiro atoms. The Kier molecular flexibility index (Phi) is 3.12. The average molecular weight is 215 g/mol. The molecule has 4 nitrogen and oxygen atoms in total. The molecular weight excluding hydrogens is 202 g/mol. The SMILES string of the molecule is CNCC=Cc1ccc2nc[nH]c(=O)c2c1. The van der Waals surface area contributed by atoms with Crippen molar-refractivity contribution in [2.45, 2.75) is 0 Å². The number of nitrogens with one attached hydrogen (secondary N) is 2. The van der Waals surface area contributed by atoms with Crippen LogP contribution in [-0.2, 0) is 0 Å². The highest BCUT2D eigenvalue weighted by Crippen LogP contribution is 2.10. The first-order valence-corrected chi connectivity index (χ1v) is 5.10. The van der Waals surface area contributed by atoms with Gasteiger partial charge in [-0.1, -0.05) is 18.2 Å². The van der Waals surface area contributed by atoms with Crippen molar-refractivity contribution in [1.82, 2.24) is 15.3 Å². The second kappa shape index (κ2) is 4.72. The Labute approximate surface area is 93.0 Å². The van der Waals surface area contributed by atoms with Crippen molar-refractivity contribution in [3.8, 4) is 0 Å². The van der Waals surface area contributed by atoms with Crippen molar-refractivity contribution < 1.29 is 0 Å². The molecule has 0 aliphatic rings. The number of hydrogen-bond donors (Lipinski definition) is 2. The van der Waals surface area contributed by atoms with Gasteiger partial charge in [-0.25, -0.2) is 4.98 Å². The molecule has 2 rings (SSSR count). The smallest absolute Gasteiger partial charge is 0.258 e. The van der Waals surface area contributed by atoms with Gasteiger partial charge in [0.2, 0.25) is 0 Å². The minimum Gasteiger partial charge on any atom is -0.316 e. The van der Waals surface area contributed by atoms with Gasteiger partial charge in [-0.3, -0.25) is 4.79 Å². The predicted octanol–water partition coefficient (Wildman–Crippen LogP) is 1.16. The molecule has 1 aromatic carbocycles. The molecule has 0 aliphatic heterocycles. The van der Waals surface area contributed by atoms with Gasteiger partial charge in [0.05, 0.1) is 17.2 Å². The maximum Gasteiger partial charge on any atom is 0.258 e. The molecule has 0 fully saturated rings. The van der Waals surface area contributed by atoms with Crippen molar-refractivity contribution in [3.63, 3.8) is 0 Å². The molecule has 82 valence electrons. The normalized spacial score (nSPS) is 11.3. The van der Waals surface area contributed by atoms with E-state index in [1.807, 2.05) is 37.4 Å². The van der Waals surface area contributed by atoms with E-state index >= 15 is 0 Å². The van der Waals surface area contributed by atoms with Crippen LogP contribution >= 0.6 is 0 Å². The van der Waals surface area contributed by atoms with Crippen LogP contribution in [0, 0.1) is 0 Å². The van der Waals surface area contributed by atoms with Crippen LogP contribution in [-0.4, -0.2) is 23.6 Å². The van der Waals surface area contributed by atoms with Gasteiger partial charge < -0.3 is 10.3 Å². The fraction of sp³-hybridized carbons (Fsp3) is 0.167. The predicted molar refractivity (Wildman–Crippen MR) is 65.3 cm³/mol. The standard InChI is InChI=1S/C12H13N3O/c1-13-6-2-3-9-4-5-11-10(7-9)12(16)15-8-14-11/h2-5,7-8,13H,6H2,1H3,(H,14,15,16). The lowest BCUT2D eigenvalue weighted by Gasteiger charge is -1.97. The number of aromatic amines is 1. The molecule has 0 unspecified atom stereocenters. The number of likely N-dealkylation sites (N-methyl/N-ethyl adjacent to an activating group) is 1. The third-order valence-electron chi connectivity index (χ3n) is 2.30. The zero-order chi connectivity index (χ0) is 11.4. The highest BCUT2D eigenvalue weighted by Gasteiger charge is 1.98. The molecular formula is C12H13N3O. The van der Waals surface area contributed by atoms with Gasteiger partial charge >= 0.3 is 0 Å². The number of benzene rings is 1. The van der Waals surface area contributed by atoms with Gasteiger partial charge in [-0.05, 0) is 24.7 Å². The Hall–Kier alpha value is -1.94. The summed E-state index contributed by atoms with van der Waals surface area (Å²) in [7, 11) is 1.89. The first-order valence-electron chi connectivity index (χ1n) is 5.10. The molecule has 0 saturated heterocycles. The van der Waals surface area contributed by atoms with Gasteiger partial charge in [-0.2, -0.15) is 0 Å². The van der Waals surface area contributed by atoms with E-state index in [9.17, 15) is 4.79 Å². The highest BCUT2D eigenvalue weighted by molar-refractivity contribution is 5.80. The number of rotatable bonds is 3. The molecule has 0 radical (unpaired) electrons. The first-order chi connectivity index (χ1) is 7.81. The molecule has 16 heavy (non-hydrogen) atoms. The molecule has 1 heterocycles. The fourth-order valence-electron chi connectivity index (χ4n) is 1.50. The molecule has 0 saturated carbocycles. The van der Waals surface area contributed by atoms with Crippen molar-refractivity contribution in [1.29, 1.82) is 0 Å². The van der Waals surface area contributed by atoms with E-state index in [1.165, 1.54) is 6.33 Å². The summed E-state index contributed by atoms with van der Waals surface area (Å²) in [6.07, 6.45) is 5.40. The van der Waals surface area contributed by atoms with Crippen molar-refractivity contribution in [3.05, 3.63) is 46.5 Å². The molecule has 0 atom stereocenters. The van der Waals surface area contributed by atoms with E-state index in [1.54, 1.807) is 0 Å². The summed E-state index contributed by atoms with van der Waals surface area (Å²) in [6, 6.07) is 5.64. The van der Waals surface area contributed by atoms with Crippen LogP contribution in [0.5, 0.6) is 0 Å². The van der Waals surface area contributed by atoms with Crippen LogP contribution in [0.4, 0.5) is 0 Å². The lowest BCUT2D eigenvalue weighted by atomic mass is 10.1. The van der Waals surface area contributed by atoms with E-state index in [0.29, 0.717) is 5.39 Å². The molecule has 0 amide bonds. The van der Waals surface area contributed by atoms with Crippen molar-refractivity contribution in [2.24, 2.45) is 0 Å². The minimum atomic E-state index is -0.103. The Bertz CT molecular complexity index is 572. The zero-order valence-corrected chi connectivity index (χ0v) is 9.03. The van der Waals surface area contributed by atoms with Crippen LogP contribution in [0.1, 0.15) is 5.56 Å². The van der Waals surface area contributed by atoms with Crippen LogP contribution in [0.2, 0.25) is 0 Å². The summed E-state index contributed by atoms with van der Waals surface area (Å²) in [5.74, 6) is 0. The third-order valence-corrected chi connectivity index (χ3v) is 2.30. The highest BCUT2D eigenvalue weighted by atomic mass is 16.1. The minimum absolute atomic E-state index is 0.103. The lowest BCUT2D eigenvalue weighted by molar-refractivity contribution is 0.922. The summed E-state index contributed by atoms with van der Waals surface area (Å²) in [4.78, 5) is 18.2. The molecule has 4 heteroatoms. The van der Waals surface area contributed by atoms with Gasteiger partial charge in [-0.15, -0.1) is 0 Å². The summed E-state index contributed by atoms with van der Waals surface area (Å²) in [5, 5.41) is 3.64. The van der Waals surface area contributed by atoms with E-state index in [2.05, 4.69) is 15.3 Å². The number of aromatic nitrogens is 2. The molecule has 0 aliphatic carbocycles. The van der Waals surface area contributed by atoms with Crippen LogP contribution in [0.15, 0.2) is 35.4 Å². The van der Waals surface area contributed by atoms with Gasteiger partial charge in [0, 0.05) is 6.54 Å². The Morgan fingerprint density at radius 1 is 1.50 bits per heavy atom. The van der Waals surface area contributed by atoms with E-state index in [4.69, 9.17) is 0 Å². The Morgan fingerprint density at radius 2 is 2.38 bits per heavy atom. The Balaban J connectivity index is 2.43. The molecule has 2 aromatic rings. The van der Waals surface area contributed by atoms with E-state index < -0.39 is 0 Å². The number of H-pyrrole nitrogens is 1. The van der Waals surface area contributed by atoms with E-state index in [-0.39, 0.29) is 5.56 Å².